The van der Waals surface area contributed by atoms with E-state index in [1.54, 1.807) is 18.2 Å². The number of hydrogen-bond donors (Lipinski definition) is 2. The maximum atomic E-state index is 12.0. The summed E-state index contributed by atoms with van der Waals surface area (Å²) in [4.78, 5) is 34.1. The van der Waals surface area contributed by atoms with E-state index in [-0.39, 0.29) is 16.9 Å². The first-order valence-corrected chi connectivity index (χ1v) is 7.56. The monoisotopic (exact) mass is 372 g/mol. The summed E-state index contributed by atoms with van der Waals surface area (Å²) in [6, 6.07) is 10.5. The van der Waals surface area contributed by atoms with E-state index in [1.807, 2.05) is 5.43 Å². The molecule has 0 aromatic heterocycles. The van der Waals surface area contributed by atoms with E-state index >= 15 is 0 Å². The van der Waals surface area contributed by atoms with Gasteiger partial charge in [-0.2, -0.15) is 5.10 Å². The van der Waals surface area contributed by atoms with Gasteiger partial charge < -0.3 is 14.8 Å². The van der Waals surface area contributed by atoms with Crippen LogP contribution in [0.25, 0.3) is 0 Å². The van der Waals surface area contributed by atoms with Crippen LogP contribution in [-0.4, -0.2) is 37.2 Å². The second kappa shape index (κ2) is 8.94. The zero-order valence-corrected chi connectivity index (χ0v) is 14.5. The molecule has 0 atom stereocenters. The molecular formula is C17H16N4O6. The molecule has 0 aliphatic heterocycles. The van der Waals surface area contributed by atoms with Gasteiger partial charge in [0.15, 0.2) is 0 Å². The first kappa shape index (κ1) is 19.4. The SMILES string of the molecule is COc1ccc(NC(=O)C(=O)N/N=C/c2ccccc2[N+](=O)[O-])c(OC)c1. The van der Waals surface area contributed by atoms with Gasteiger partial charge in [-0.15, -0.1) is 0 Å². The van der Waals surface area contributed by atoms with Gasteiger partial charge in [-0.05, 0) is 18.2 Å². The van der Waals surface area contributed by atoms with Gasteiger partial charge in [0.25, 0.3) is 5.69 Å². The minimum Gasteiger partial charge on any atom is -0.497 e. The van der Waals surface area contributed by atoms with E-state index in [0.29, 0.717) is 11.5 Å². The Morgan fingerprint density at radius 3 is 2.52 bits per heavy atom. The van der Waals surface area contributed by atoms with Crippen molar-refractivity contribution >= 4 is 29.4 Å². The Hall–Kier alpha value is -3.95. The highest BCUT2D eigenvalue weighted by atomic mass is 16.6. The molecule has 2 N–H and O–H groups in total. The Bertz CT molecular complexity index is 897. The lowest BCUT2D eigenvalue weighted by Gasteiger charge is -2.10. The Morgan fingerprint density at radius 1 is 1.11 bits per heavy atom. The van der Waals surface area contributed by atoms with Crippen LogP contribution in [-0.2, 0) is 9.59 Å². The number of ether oxygens (including phenoxy) is 2. The Morgan fingerprint density at radius 2 is 1.85 bits per heavy atom. The largest absolute Gasteiger partial charge is 0.497 e. The molecule has 0 aliphatic rings. The Labute approximate surface area is 153 Å². The van der Waals surface area contributed by atoms with Crippen molar-refractivity contribution in [1.29, 1.82) is 0 Å². The molecule has 0 bridgehead atoms. The van der Waals surface area contributed by atoms with Crippen molar-refractivity contribution in [3.05, 3.63) is 58.1 Å². The van der Waals surface area contributed by atoms with Crippen molar-refractivity contribution in [3.8, 4) is 11.5 Å². The van der Waals surface area contributed by atoms with Crippen LogP contribution in [0.3, 0.4) is 0 Å². The smallest absolute Gasteiger partial charge is 0.329 e. The van der Waals surface area contributed by atoms with E-state index in [1.165, 1.54) is 38.5 Å². The number of hydrazone groups is 1. The third-order valence-electron chi connectivity index (χ3n) is 3.37. The molecule has 0 saturated heterocycles. The van der Waals surface area contributed by atoms with E-state index in [0.717, 1.165) is 6.21 Å². The molecule has 10 heteroatoms. The average molecular weight is 372 g/mol. The molecule has 10 nitrogen and oxygen atoms in total. The van der Waals surface area contributed by atoms with Gasteiger partial charge in [-0.3, -0.25) is 19.7 Å². The number of carbonyl (C=O) groups excluding carboxylic acids is 2. The van der Waals surface area contributed by atoms with Gasteiger partial charge in [-0.25, -0.2) is 5.43 Å². The first-order valence-electron chi connectivity index (χ1n) is 7.56. The van der Waals surface area contributed by atoms with Gasteiger partial charge in [0, 0.05) is 12.1 Å². The molecule has 0 heterocycles. The van der Waals surface area contributed by atoms with Crippen LogP contribution in [0, 0.1) is 10.1 Å². The standard InChI is InChI=1S/C17H16N4O6/c1-26-12-7-8-13(15(9-12)27-2)19-16(22)17(23)20-18-10-11-5-3-4-6-14(11)21(24)25/h3-10H,1-2H3,(H,19,22)(H,20,23)/b18-10+. The minimum absolute atomic E-state index is 0.178. The highest BCUT2D eigenvalue weighted by Crippen LogP contribution is 2.28. The number of rotatable bonds is 6. The van der Waals surface area contributed by atoms with Crippen LogP contribution >= 0.6 is 0 Å². The van der Waals surface area contributed by atoms with Crippen molar-refractivity contribution in [2.45, 2.75) is 0 Å². The normalized spacial score (nSPS) is 10.3. The van der Waals surface area contributed by atoms with Crippen LogP contribution in [0.5, 0.6) is 11.5 Å². The van der Waals surface area contributed by atoms with E-state index in [2.05, 4.69) is 10.4 Å². The molecule has 2 aromatic carbocycles. The number of nitrogens with one attached hydrogen (secondary N) is 2. The number of methoxy groups -OCH3 is 2. The number of carbonyl (C=O) groups is 2. The van der Waals surface area contributed by atoms with E-state index in [9.17, 15) is 19.7 Å². The first-order chi connectivity index (χ1) is 13.0. The minimum atomic E-state index is -1.05. The molecule has 0 spiro atoms. The average Bonchev–Trinajstić information content (AvgIpc) is 2.68. The maximum absolute atomic E-state index is 12.0. The number of para-hydroxylation sites is 1. The van der Waals surface area contributed by atoms with Gasteiger partial charge in [0.05, 0.1) is 36.6 Å². The fourth-order valence-corrected chi connectivity index (χ4v) is 2.06. The number of benzene rings is 2. The Balaban J connectivity index is 2.03. The molecule has 2 rings (SSSR count). The summed E-state index contributed by atoms with van der Waals surface area (Å²) < 4.78 is 10.2. The molecule has 140 valence electrons. The summed E-state index contributed by atoms with van der Waals surface area (Å²) in [5.41, 5.74) is 2.28. The third kappa shape index (κ3) is 5.01. The van der Waals surface area contributed by atoms with Gasteiger partial charge in [0.2, 0.25) is 0 Å². The molecule has 0 fully saturated rings. The number of nitro benzene ring substituents is 1. The van der Waals surface area contributed by atoms with Gasteiger partial charge in [0.1, 0.15) is 11.5 Å². The van der Waals surface area contributed by atoms with Crippen LogP contribution in [0.4, 0.5) is 11.4 Å². The molecule has 27 heavy (non-hydrogen) atoms. The fraction of sp³-hybridized carbons (Fsp3) is 0.118. The summed E-state index contributed by atoms with van der Waals surface area (Å²) in [6.45, 7) is 0. The fourth-order valence-electron chi connectivity index (χ4n) is 2.06. The Kier molecular flexibility index (Phi) is 6.42. The summed E-state index contributed by atoms with van der Waals surface area (Å²) in [7, 11) is 2.89. The lowest BCUT2D eigenvalue weighted by atomic mass is 10.2. The molecular weight excluding hydrogens is 356 g/mol. The maximum Gasteiger partial charge on any atom is 0.329 e. The third-order valence-corrected chi connectivity index (χ3v) is 3.37. The van der Waals surface area contributed by atoms with Crippen molar-refractivity contribution in [2.75, 3.05) is 19.5 Å². The summed E-state index contributed by atoms with van der Waals surface area (Å²) in [5.74, 6) is -1.22. The van der Waals surface area contributed by atoms with E-state index in [4.69, 9.17) is 9.47 Å². The topological polar surface area (TPSA) is 132 Å². The van der Waals surface area contributed by atoms with Crippen LogP contribution in [0.1, 0.15) is 5.56 Å². The zero-order chi connectivity index (χ0) is 19.8. The van der Waals surface area contributed by atoms with Gasteiger partial charge in [-0.1, -0.05) is 12.1 Å². The number of hydrogen-bond acceptors (Lipinski definition) is 7. The highest BCUT2D eigenvalue weighted by Gasteiger charge is 2.16. The number of nitro groups is 1. The summed E-state index contributed by atoms with van der Waals surface area (Å²) in [6.07, 6.45) is 1.08. The predicted molar refractivity (Wildman–Crippen MR) is 97.0 cm³/mol. The van der Waals surface area contributed by atoms with Gasteiger partial charge >= 0.3 is 11.8 Å². The quantitative estimate of drug-likeness (QED) is 0.343. The summed E-state index contributed by atoms with van der Waals surface area (Å²) in [5, 5.41) is 16.9. The number of nitrogens with zero attached hydrogens (tertiary/aromatic N) is 2. The summed E-state index contributed by atoms with van der Waals surface area (Å²) >= 11 is 0. The molecule has 2 amide bonds. The molecule has 0 unspecified atom stereocenters. The lowest BCUT2D eigenvalue weighted by molar-refractivity contribution is -0.385. The second-order valence-electron chi connectivity index (χ2n) is 5.04. The van der Waals surface area contributed by atoms with Crippen LogP contribution in [0.15, 0.2) is 47.6 Å². The van der Waals surface area contributed by atoms with E-state index < -0.39 is 16.7 Å². The van der Waals surface area contributed by atoms with Crippen molar-refractivity contribution in [1.82, 2.24) is 5.43 Å². The van der Waals surface area contributed by atoms with Crippen LogP contribution < -0.4 is 20.2 Å². The molecule has 0 saturated carbocycles. The number of amides is 2. The molecule has 0 radical (unpaired) electrons. The zero-order valence-electron chi connectivity index (χ0n) is 14.5. The number of anilines is 1. The highest BCUT2D eigenvalue weighted by molar-refractivity contribution is 6.39. The molecule has 2 aromatic rings. The predicted octanol–water partition coefficient (Wildman–Crippen LogP) is 1.70. The van der Waals surface area contributed by atoms with Crippen LogP contribution in [0.2, 0.25) is 0 Å². The van der Waals surface area contributed by atoms with Crippen molar-refractivity contribution in [3.63, 3.8) is 0 Å². The molecule has 0 aliphatic carbocycles. The lowest BCUT2D eigenvalue weighted by Crippen LogP contribution is -2.32. The second-order valence-corrected chi connectivity index (χ2v) is 5.04. The van der Waals surface area contributed by atoms with Crippen molar-refractivity contribution < 1.29 is 24.0 Å². The van der Waals surface area contributed by atoms with Crippen molar-refractivity contribution in [2.24, 2.45) is 5.10 Å².